The molecule has 816 valence electrons. The summed E-state index contributed by atoms with van der Waals surface area (Å²) in [5.74, 6) is -31.4. The molecule has 0 aromatic heterocycles. The van der Waals surface area contributed by atoms with Crippen molar-refractivity contribution < 1.29 is 366 Å². The van der Waals surface area contributed by atoms with Gasteiger partial charge in [0.2, 0.25) is 34.7 Å². The number of hydrogen-bond acceptors (Lipinski definition) is 66. The Labute approximate surface area is 771 Å². The first-order valence-electron chi connectivity index (χ1n) is 32.7. The molecular weight excluding hydrogens is 2350 g/mol. The van der Waals surface area contributed by atoms with Crippen LogP contribution in [0.2, 0.25) is 0 Å². The van der Waals surface area contributed by atoms with Gasteiger partial charge in [-0.25, -0.2) is 75.3 Å². The fourth-order valence-electron chi connectivity index (χ4n) is 12.8. The van der Waals surface area contributed by atoms with Crippen LogP contribution in [-0.4, -0.2) is 457 Å². The molecule has 102 heteroatoms. The quantitative estimate of drug-likeness (QED) is 0.0252. The monoisotopic (exact) mass is 2410 g/mol. The highest BCUT2D eigenvalue weighted by atomic mass is 32.3. The Hall–Kier alpha value is -2.82. The summed E-state index contributed by atoms with van der Waals surface area (Å²) in [5.41, 5.74) is 0. The van der Waals surface area contributed by atoms with Crippen LogP contribution in [0.4, 0.5) is 0 Å². The highest BCUT2D eigenvalue weighted by molar-refractivity contribution is 7.84. The predicted molar refractivity (Wildman–Crippen MR) is 383 cm³/mol. The third-order valence-electron chi connectivity index (χ3n) is 16.8. The molecule has 0 saturated carbocycles. The molecule has 0 radical (unpaired) electrons. The lowest BCUT2D eigenvalue weighted by molar-refractivity contribution is -0.397. The van der Waals surface area contributed by atoms with E-state index in [4.69, 9.17) is 56.8 Å². The average Bonchev–Trinajstić information content (AvgIpc) is 1.56. The van der Waals surface area contributed by atoms with Crippen molar-refractivity contribution >= 4 is 187 Å². The Kier molecular flexibility index (Phi) is 37.4. The first-order valence-corrected chi connectivity index (χ1v) is 57.3. The zero-order valence-electron chi connectivity index (χ0n) is 64.2. The van der Waals surface area contributed by atoms with Crippen LogP contribution in [-0.2, 0) is 319 Å². The van der Waals surface area contributed by atoms with Crippen LogP contribution in [0.25, 0.3) is 0 Å². The van der Waals surface area contributed by atoms with Gasteiger partial charge in [-0.15, -0.1) is 0 Å². The normalized spacial score (nSPS) is 34.8. The molecule has 18 N–H and O–H groups in total. The van der Waals surface area contributed by atoms with Gasteiger partial charge < -0.3 is 56.8 Å². The SMILES string of the molecule is O=S(=O)(O)OC[C@H]1O[C@]2(CO[C@]3(CO[C@]4(CO[C@]5(CO[C@]6(CO[C@]7(CO2)O[C@H](COS(=O)(=O)O)[C@@H](OS(=O)(=O)O)[C@@H]7OS(=O)(=O)O)O[C@H](COS(=O)(=O)O)[C@@H](OS(=O)(=O)O)[C@@H]6OS(=O)(=O)O)O[C@H](COS(=O)(=O)O)[C@@H](OS(=O)(=O)O)[C@@H]5OS(=O)(=O)O)O[C@H](COS(=O)(=O)O)[C@@H](OS(=O)(=O)O)[C@@H]4OS(=O)(=O)O)O[C@H](COS(=O)(=O)O)[C@@H](OS(=O)(=O)O)[C@@H]3OS(=O)(=O)O)[C@@H](OS(=O)(=O)O)[C@@H]1OS(=O)(=O)O. The minimum Gasteiger partial charge on any atom is -0.340 e. The highest BCUT2D eigenvalue weighted by Gasteiger charge is 2.74. The maximum Gasteiger partial charge on any atom is 0.397 e. The van der Waals surface area contributed by atoms with E-state index in [1.54, 1.807) is 0 Å². The van der Waals surface area contributed by atoms with E-state index in [-0.39, 0.29) is 0 Å². The molecule has 7 rings (SSSR count). The fraction of sp³-hybridized carbons (Fsp3) is 1.00. The predicted octanol–water partition coefficient (Wildman–Crippen LogP) is -16.2. The largest absolute Gasteiger partial charge is 0.397 e. The topological polar surface area (TPSA) is 1260 Å². The Morgan fingerprint density at radius 3 is 0.333 bits per heavy atom. The van der Waals surface area contributed by atoms with Crippen LogP contribution in [0.15, 0.2) is 0 Å². The summed E-state index contributed by atoms with van der Waals surface area (Å²) in [4.78, 5) is 0. The molecular formula is C36H60O84S18. The van der Waals surface area contributed by atoms with Gasteiger partial charge in [0, 0.05) is 0 Å². The molecule has 0 aromatic carbocycles. The molecule has 7 saturated heterocycles. The van der Waals surface area contributed by atoms with Crippen LogP contribution in [0, 0.1) is 0 Å². The summed E-state index contributed by atoms with van der Waals surface area (Å²) < 4.78 is 796. The third-order valence-corrected chi connectivity index (χ3v) is 24.9. The van der Waals surface area contributed by atoms with E-state index < -0.39 is 411 Å². The molecule has 7 aliphatic heterocycles. The first-order chi connectivity index (χ1) is 61.3. The van der Waals surface area contributed by atoms with E-state index in [1.807, 2.05) is 0 Å². The summed E-state index contributed by atoms with van der Waals surface area (Å²) in [6.07, 6.45) is -73.4. The number of rotatable bonds is 42. The summed E-state index contributed by atoms with van der Waals surface area (Å²) in [5, 5.41) is 0. The van der Waals surface area contributed by atoms with E-state index in [1.165, 1.54) is 0 Å². The summed E-state index contributed by atoms with van der Waals surface area (Å²) in [6, 6.07) is 0. The Balaban J connectivity index is 1.93. The minimum absolute atomic E-state index is 2.62. The molecule has 7 heterocycles. The molecule has 24 atom stereocenters. The fourth-order valence-corrected chi connectivity index (χ4v) is 20.7. The molecule has 0 unspecified atom stereocenters. The van der Waals surface area contributed by atoms with Gasteiger partial charge >= 0.3 is 187 Å². The van der Waals surface area contributed by atoms with Gasteiger partial charge in [-0.05, 0) is 0 Å². The molecule has 0 amide bonds. The van der Waals surface area contributed by atoms with E-state index in [0.29, 0.717) is 0 Å². The third kappa shape index (κ3) is 37.5. The zero-order chi connectivity index (χ0) is 106. The van der Waals surface area contributed by atoms with Crippen LogP contribution in [0.5, 0.6) is 0 Å². The van der Waals surface area contributed by atoms with E-state index in [9.17, 15) is 233 Å². The van der Waals surface area contributed by atoms with Crippen molar-refractivity contribution in [1.29, 1.82) is 0 Å². The van der Waals surface area contributed by atoms with Crippen molar-refractivity contribution in [2.24, 2.45) is 0 Å². The number of hydrogen-bond donors (Lipinski definition) is 18. The summed E-state index contributed by atoms with van der Waals surface area (Å²) in [7, 11) is -124. The standard InChI is InChI=1S/C36H60O84S18/c37-121(38,39)97-1-13-19(109-127(55,56)57)25(115-133(73,74)75)31(103-13)7-92-33(27(117-135(79,80)81)21(111-129(61,62)63)15(105-33)3-99-123(43,44)45)9-94-35(29(119-137(85,86)87)23(113-131(67,68)69)17(107-35)5-101-125(49,50)51)11-96-36(30(120-138(88,89)90)24(114-132(70,71)72)18(108-36)6-102-126(52,53)54)12-95-34(28(118-136(82,83)84)22(112-130(64,65)66)16(106-34)4-100-124(46,47)48)10-93-32(8-91-31)26(116-134(76,77)78)20(110-128(58,59)60)14(104-32)2-98-122(40,41)42/h13-30H,1-12H2,(H,37,38,39)(H,40,41,42)(H,43,44,45)(H,46,47,48)(H,49,50,51)(H,52,53,54)(H,55,56,57)(H,58,59,60)(H,61,62,63)(H,64,65,66)(H,67,68,69)(H,70,71,72)(H,73,74,75)(H,76,77,78)(H,79,80,81)(H,82,83,84)(H,85,86,87)(H,88,89,90)/t13-,14-,15-,16-,17-,18-,19-,20-,21-,22-,23-,24-,25+,26+,27+,28+,29+,30+,31-,32-,33-,34-,35-,36-/m1/s1. The molecule has 84 nitrogen and oxygen atoms in total. The lowest BCUT2D eigenvalue weighted by Crippen LogP contribution is -2.63. The van der Waals surface area contributed by atoms with Gasteiger partial charge in [-0.3, -0.25) is 81.9 Å². The van der Waals surface area contributed by atoms with Crippen molar-refractivity contribution in [2.45, 2.75) is 145 Å². The van der Waals surface area contributed by atoms with E-state index in [2.05, 4.69) is 75.3 Å². The highest BCUT2D eigenvalue weighted by Crippen LogP contribution is 2.52. The van der Waals surface area contributed by atoms with Crippen molar-refractivity contribution in [3.63, 3.8) is 0 Å². The molecule has 6 spiro atoms. The first kappa shape index (κ1) is 122. The van der Waals surface area contributed by atoms with Crippen LogP contribution in [0.1, 0.15) is 0 Å². The number of ether oxygens (including phenoxy) is 12. The van der Waals surface area contributed by atoms with Crippen molar-refractivity contribution in [2.75, 3.05) is 79.3 Å². The smallest absolute Gasteiger partial charge is 0.340 e. The molecule has 0 aromatic rings. The van der Waals surface area contributed by atoms with Crippen LogP contribution < -0.4 is 0 Å². The van der Waals surface area contributed by atoms with Crippen LogP contribution in [0.3, 0.4) is 0 Å². The lowest BCUT2D eigenvalue weighted by atomic mass is 10.0. The minimum atomic E-state index is -7.22. The van der Waals surface area contributed by atoms with Crippen LogP contribution >= 0.6 is 0 Å². The molecule has 7 fully saturated rings. The van der Waals surface area contributed by atoms with Gasteiger partial charge in [-0.1, -0.05) is 0 Å². The van der Waals surface area contributed by atoms with Gasteiger partial charge in [0.25, 0.3) is 0 Å². The molecule has 0 aliphatic carbocycles. The Bertz CT molecular complexity index is 5600. The maximum atomic E-state index is 13.5. The van der Waals surface area contributed by atoms with Gasteiger partial charge in [0.15, 0.2) is 36.6 Å². The Morgan fingerprint density at radius 2 is 0.254 bits per heavy atom. The average molecular weight is 2410 g/mol. The maximum absolute atomic E-state index is 13.5. The van der Waals surface area contributed by atoms with Crippen molar-refractivity contribution in [1.82, 2.24) is 0 Å². The summed E-state index contributed by atoms with van der Waals surface area (Å²) in [6.45, 7) is -35.9. The van der Waals surface area contributed by atoms with E-state index in [0.717, 1.165) is 0 Å². The second kappa shape index (κ2) is 42.3. The second-order valence-electron chi connectivity index (χ2n) is 26.4. The van der Waals surface area contributed by atoms with Gasteiger partial charge in [0.1, 0.15) is 113 Å². The molecule has 138 heavy (non-hydrogen) atoms. The second-order valence-corrected chi connectivity index (χ2v) is 45.5. The molecule has 0 bridgehead atoms. The zero-order valence-corrected chi connectivity index (χ0v) is 78.9. The van der Waals surface area contributed by atoms with Gasteiger partial charge in [0.05, 0.1) is 39.6 Å². The summed E-state index contributed by atoms with van der Waals surface area (Å²) >= 11 is 0. The van der Waals surface area contributed by atoms with Crippen molar-refractivity contribution in [3.05, 3.63) is 0 Å². The Morgan fingerprint density at radius 1 is 0.159 bits per heavy atom. The van der Waals surface area contributed by atoms with Gasteiger partial charge in [-0.2, -0.15) is 152 Å². The lowest BCUT2D eigenvalue weighted by Gasteiger charge is -2.45. The van der Waals surface area contributed by atoms with E-state index >= 15 is 0 Å². The van der Waals surface area contributed by atoms with Crippen molar-refractivity contribution in [3.8, 4) is 0 Å². The molecule has 7 aliphatic rings.